The highest BCUT2D eigenvalue weighted by Crippen LogP contribution is 2.44. The number of aromatic carboxylic acids is 1. The van der Waals surface area contributed by atoms with Gasteiger partial charge < -0.3 is 19.3 Å². The molecule has 13 heteroatoms. The van der Waals surface area contributed by atoms with E-state index in [-0.39, 0.29) is 34.7 Å². The number of nitrogens with one attached hydrogen (secondary N) is 1. The van der Waals surface area contributed by atoms with Gasteiger partial charge in [0.15, 0.2) is 17.3 Å². The van der Waals surface area contributed by atoms with Gasteiger partial charge in [-0.25, -0.2) is 9.18 Å². The standard InChI is InChI=1S/C37H36Cl3FN4O5/c1-19-17-43(32-29(41)16-24-31(35(32)50-4)45(22-12-13-22)18-25(34(24)47)37(48)49)14-15-44(19)36(30-27(39)10-7-11-28(30)40)42-21(3)20(2)33(46)23-8-5-6-9-26(23)38/h5-11,16,18-19,21-22,36,42H,2,12-15,17H2,1,3-4H3,(H,48,49). The first-order chi connectivity index (χ1) is 23.8. The molecule has 3 aromatic carbocycles. The summed E-state index contributed by atoms with van der Waals surface area (Å²) in [6.07, 6.45) is 2.37. The smallest absolute Gasteiger partial charge is 0.341 e. The number of methoxy groups -OCH3 is 1. The van der Waals surface area contributed by atoms with Crippen molar-refractivity contribution in [2.24, 2.45) is 0 Å². The number of pyridine rings is 1. The first kappa shape index (κ1) is 35.9. The number of benzene rings is 3. The SMILES string of the molecule is C=C(C(=O)c1ccccc1Cl)C(C)NC(c1c(Cl)cccc1Cl)N1CCN(c2c(F)cc3c(=O)c(C(=O)O)cn(C4CC4)c3c2OC)CC1C. The summed E-state index contributed by atoms with van der Waals surface area (Å²) in [6, 6.07) is 12.4. The van der Waals surface area contributed by atoms with E-state index in [9.17, 15) is 19.5 Å². The van der Waals surface area contributed by atoms with Crippen molar-refractivity contribution in [3.8, 4) is 5.75 Å². The number of carbonyl (C=O) groups is 2. The Labute approximate surface area is 303 Å². The van der Waals surface area contributed by atoms with Gasteiger partial charge in [-0.15, -0.1) is 0 Å². The van der Waals surface area contributed by atoms with Gasteiger partial charge in [0, 0.05) is 70.7 Å². The number of Topliss-reactive ketones (excluding diaryl/α,β-unsaturated/α-hetero) is 1. The second-order valence-electron chi connectivity index (χ2n) is 12.7. The van der Waals surface area contributed by atoms with E-state index in [1.807, 2.05) is 18.7 Å². The molecule has 4 aromatic rings. The first-order valence-electron chi connectivity index (χ1n) is 16.2. The number of anilines is 1. The number of piperazine rings is 1. The maximum Gasteiger partial charge on any atom is 0.341 e. The Morgan fingerprint density at radius 1 is 1.04 bits per heavy atom. The van der Waals surface area contributed by atoms with Crippen LogP contribution in [0.4, 0.5) is 10.1 Å². The van der Waals surface area contributed by atoms with Crippen LogP contribution < -0.4 is 20.4 Å². The van der Waals surface area contributed by atoms with Crippen LogP contribution in [0.15, 0.2) is 71.7 Å². The van der Waals surface area contributed by atoms with Crippen LogP contribution in [0.1, 0.15) is 65.2 Å². The van der Waals surface area contributed by atoms with E-state index in [4.69, 9.17) is 39.5 Å². The predicted molar refractivity (Wildman–Crippen MR) is 195 cm³/mol. The Morgan fingerprint density at radius 2 is 1.70 bits per heavy atom. The highest BCUT2D eigenvalue weighted by atomic mass is 35.5. The number of fused-ring (bicyclic) bond motifs is 1. The van der Waals surface area contributed by atoms with Crippen LogP contribution >= 0.6 is 34.8 Å². The highest BCUT2D eigenvalue weighted by Gasteiger charge is 2.37. The Hall–Kier alpha value is -3.93. The predicted octanol–water partition coefficient (Wildman–Crippen LogP) is 7.77. The van der Waals surface area contributed by atoms with E-state index < -0.39 is 35.0 Å². The van der Waals surface area contributed by atoms with Gasteiger partial charge in [0.1, 0.15) is 11.3 Å². The van der Waals surface area contributed by atoms with Crippen molar-refractivity contribution in [1.29, 1.82) is 0 Å². The van der Waals surface area contributed by atoms with Gasteiger partial charge in [0.2, 0.25) is 5.43 Å². The lowest BCUT2D eigenvalue weighted by Gasteiger charge is -2.46. The lowest BCUT2D eigenvalue weighted by atomic mass is 9.98. The third-order valence-corrected chi connectivity index (χ3v) is 10.5. The van der Waals surface area contributed by atoms with Gasteiger partial charge in [-0.05, 0) is 57.0 Å². The molecule has 0 spiro atoms. The molecule has 0 radical (unpaired) electrons. The van der Waals surface area contributed by atoms with Crippen molar-refractivity contribution in [2.45, 2.75) is 51.0 Å². The molecule has 2 heterocycles. The Kier molecular flexibility index (Phi) is 10.3. The summed E-state index contributed by atoms with van der Waals surface area (Å²) >= 11 is 19.9. The minimum atomic E-state index is -1.37. The van der Waals surface area contributed by atoms with Crippen LogP contribution in [-0.2, 0) is 0 Å². The average Bonchev–Trinajstić information content (AvgIpc) is 3.92. The van der Waals surface area contributed by atoms with Gasteiger partial charge in [-0.2, -0.15) is 0 Å². The molecule has 2 fully saturated rings. The van der Waals surface area contributed by atoms with Crippen LogP contribution in [0.5, 0.6) is 5.75 Å². The molecule has 50 heavy (non-hydrogen) atoms. The molecule has 1 aromatic heterocycles. The number of carboxylic acid groups (broad SMARTS) is 1. The van der Waals surface area contributed by atoms with Crippen molar-refractivity contribution in [2.75, 3.05) is 31.6 Å². The minimum Gasteiger partial charge on any atom is -0.492 e. The normalized spacial score (nSPS) is 17.8. The maximum atomic E-state index is 16.1. The molecule has 1 aliphatic carbocycles. The van der Waals surface area contributed by atoms with Crippen LogP contribution in [0.25, 0.3) is 10.9 Å². The van der Waals surface area contributed by atoms with Crippen molar-refractivity contribution in [3.63, 3.8) is 0 Å². The summed E-state index contributed by atoms with van der Waals surface area (Å²) < 4.78 is 23.7. The Morgan fingerprint density at radius 3 is 2.30 bits per heavy atom. The zero-order chi connectivity index (χ0) is 36.0. The van der Waals surface area contributed by atoms with E-state index in [1.54, 1.807) is 47.0 Å². The number of carbonyl (C=O) groups excluding carboxylic acids is 1. The number of aromatic nitrogens is 1. The summed E-state index contributed by atoms with van der Waals surface area (Å²) in [5.74, 6) is -2.18. The fourth-order valence-electron chi connectivity index (χ4n) is 6.75. The minimum absolute atomic E-state index is 0.0204. The number of ketones is 1. The number of hydrogen-bond acceptors (Lipinski definition) is 7. The van der Waals surface area contributed by atoms with E-state index in [2.05, 4.69) is 16.8 Å². The number of hydrogen-bond donors (Lipinski definition) is 2. The van der Waals surface area contributed by atoms with Crippen LogP contribution in [0.2, 0.25) is 15.1 Å². The molecule has 2 aliphatic rings. The number of rotatable bonds is 11. The van der Waals surface area contributed by atoms with E-state index in [1.165, 1.54) is 13.3 Å². The van der Waals surface area contributed by atoms with Gasteiger partial charge in [-0.1, -0.05) is 59.6 Å². The van der Waals surface area contributed by atoms with E-state index in [0.29, 0.717) is 56.9 Å². The molecule has 1 saturated carbocycles. The summed E-state index contributed by atoms with van der Waals surface area (Å²) in [5, 5.41) is 14.4. The molecule has 3 atom stereocenters. The summed E-state index contributed by atoms with van der Waals surface area (Å²) in [4.78, 5) is 42.6. The topological polar surface area (TPSA) is 104 Å². The van der Waals surface area contributed by atoms with Crippen molar-refractivity contribution in [1.82, 2.24) is 14.8 Å². The zero-order valence-electron chi connectivity index (χ0n) is 27.7. The van der Waals surface area contributed by atoms with Crippen molar-refractivity contribution >= 4 is 63.1 Å². The molecule has 6 rings (SSSR count). The average molecular weight is 742 g/mol. The van der Waals surface area contributed by atoms with Gasteiger partial charge in [-0.3, -0.25) is 19.8 Å². The molecule has 0 amide bonds. The summed E-state index contributed by atoms with van der Waals surface area (Å²) in [7, 11) is 1.42. The molecule has 0 bridgehead atoms. The molecule has 2 N–H and O–H groups in total. The lowest BCUT2D eigenvalue weighted by Crippen LogP contribution is -2.57. The number of carboxylic acids is 1. The number of halogens is 4. The van der Waals surface area contributed by atoms with Gasteiger partial charge >= 0.3 is 5.97 Å². The Balaban J connectivity index is 1.34. The second kappa shape index (κ2) is 14.4. The second-order valence-corrected chi connectivity index (χ2v) is 14.0. The first-order valence-corrected chi connectivity index (χ1v) is 17.3. The third-order valence-electron chi connectivity index (χ3n) is 9.51. The van der Waals surface area contributed by atoms with Crippen molar-refractivity contribution < 1.29 is 23.8 Å². The molecule has 3 unspecified atom stereocenters. The molecule has 262 valence electrons. The number of ether oxygens (including phenoxy) is 1. The molecular formula is C37H36Cl3FN4O5. The lowest BCUT2D eigenvalue weighted by molar-refractivity contribution is 0.0694. The van der Waals surface area contributed by atoms with Gasteiger partial charge in [0.25, 0.3) is 0 Å². The van der Waals surface area contributed by atoms with Crippen LogP contribution in [0, 0.1) is 5.82 Å². The highest BCUT2D eigenvalue weighted by molar-refractivity contribution is 6.36. The molecule has 9 nitrogen and oxygen atoms in total. The molecule has 1 saturated heterocycles. The van der Waals surface area contributed by atoms with Crippen molar-refractivity contribution in [3.05, 3.63) is 115 Å². The molecular weight excluding hydrogens is 706 g/mol. The monoisotopic (exact) mass is 740 g/mol. The molecule has 1 aliphatic heterocycles. The fraction of sp³-hybridized carbons (Fsp3) is 0.324. The van der Waals surface area contributed by atoms with E-state index >= 15 is 4.39 Å². The summed E-state index contributed by atoms with van der Waals surface area (Å²) in [5.41, 5.74) is 0.653. The fourth-order valence-corrected chi connectivity index (χ4v) is 7.58. The van der Waals surface area contributed by atoms with Gasteiger partial charge in [0.05, 0.1) is 29.2 Å². The van der Waals surface area contributed by atoms with E-state index in [0.717, 1.165) is 18.9 Å². The maximum absolute atomic E-state index is 16.1. The zero-order valence-corrected chi connectivity index (χ0v) is 29.9. The van der Waals surface area contributed by atoms with Crippen LogP contribution in [-0.4, -0.2) is 65.2 Å². The third kappa shape index (κ3) is 6.63. The summed E-state index contributed by atoms with van der Waals surface area (Å²) in [6.45, 7) is 9.02. The Bertz CT molecular complexity index is 2060. The quantitative estimate of drug-likeness (QED) is 0.119. The van der Waals surface area contributed by atoms with Crippen LogP contribution in [0.3, 0.4) is 0 Å². The number of nitrogens with zero attached hydrogens (tertiary/aromatic N) is 3. The largest absolute Gasteiger partial charge is 0.492 e.